The topological polar surface area (TPSA) is 49.4 Å². The maximum Gasteiger partial charge on any atom is 0.243 e. The van der Waals surface area contributed by atoms with Crippen molar-refractivity contribution in [3.63, 3.8) is 0 Å². The summed E-state index contributed by atoms with van der Waals surface area (Å²) in [5.41, 5.74) is 2.36. The van der Waals surface area contributed by atoms with Gasteiger partial charge in [-0.1, -0.05) is 89.4 Å². The summed E-state index contributed by atoms with van der Waals surface area (Å²) in [6.07, 6.45) is 0.405. The molecule has 0 saturated heterocycles. The number of rotatable bonds is 9. The van der Waals surface area contributed by atoms with Crippen LogP contribution in [-0.2, 0) is 29.0 Å². The van der Waals surface area contributed by atoms with Gasteiger partial charge >= 0.3 is 0 Å². The SMILES string of the molecule is CCNC(=O)[C@H](Cc1ccccc1)N(Cc1ccccc1Cl)C(=O)Cc1ccc(Cl)cc1Cl. The number of hydrogen-bond donors (Lipinski definition) is 1. The Morgan fingerprint density at radius 1 is 0.879 bits per heavy atom. The molecule has 0 radical (unpaired) electrons. The average Bonchev–Trinajstić information content (AvgIpc) is 2.80. The minimum absolute atomic E-state index is 0.0329. The highest BCUT2D eigenvalue weighted by atomic mass is 35.5. The number of nitrogens with one attached hydrogen (secondary N) is 1. The molecular formula is C26H25Cl3N2O2. The first-order chi connectivity index (χ1) is 15.9. The van der Waals surface area contributed by atoms with Crippen molar-refractivity contribution in [2.75, 3.05) is 6.54 Å². The molecule has 1 atom stereocenters. The second kappa shape index (κ2) is 12.1. The van der Waals surface area contributed by atoms with Crippen LogP contribution in [0.15, 0.2) is 72.8 Å². The van der Waals surface area contributed by atoms with Crippen LogP contribution in [0.5, 0.6) is 0 Å². The Morgan fingerprint density at radius 2 is 1.58 bits per heavy atom. The molecule has 0 fully saturated rings. The molecule has 3 aromatic rings. The van der Waals surface area contributed by atoms with E-state index in [0.29, 0.717) is 33.6 Å². The Hall–Kier alpha value is -2.53. The van der Waals surface area contributed by atoms with Crippen molar-refractivity contribution in [1.29, 1.82) is 0 Å². The zero-order valence-corrected chi connectivity index (χ0v) is 20.5. The molecule has 0 aliphatic rings. The molecule has 0 aromatic heterocycles. The van der Waals surface area contributed by atoms with Crippen LogP contribution >= 0.6 is 34.8 Å². The second-order valence-electron chi connectivity index (χ2n) is 7.63. The van der Waals surface area contributed by atoms with Gasteiger partial charge in [0.05, 0.1) is 6.42 Å². The maximum absolute atomic E-state index is 13.6. The van der Waals surface area contributed by atoms with Crippen molar-refractivity contribution in [1.82, 2.24) is 10.2 Å². The Morgan fingerprint density at radius 3 is 2.24 bits per heavy atom. The summed E-state index contributed by atoms with van der Waals surface area (Å²) >= 11 is 18.7. The molecule has 0 aliphatic carbocycles. The Labute approximate surface area is 209 Å². The van der Waals surface area contributed by atoms with Crippen LogP contribution in [0.25, 0.3) is 0 Å². The van der Waals surface area contributed by atoms with Gasteiger partial charge < -0.3 is 10.2 Å². The fourth-order valence-electron chi connectivity index (χ4n) is 3.59. The third-order valence-corrected chi connectivity index (χ3v) is 6.23. The second-order valence-corrected chi connectivity index (χ2v) is 8.88. The molecule has 0 bridgehead atoms. The minimum atomic E-state index is -0.720. The lowest BCUT2D eigenvalue weighted by Gasteiger charge is -2.32. The fraction of sp³-hybridized carbons (Fsp3) is 0.231. The molecule has 1 N–H and O–H groups in total. The summed E-state index contributed by atoms with van der Waals surface area (Å²) < 4.78 is 0. The number of hydrogen-bond acceptors (Lipinski definition) is 2. The molecule has 0 unspecified atom stereocenters. The Kier molecular flexibility index (Phi) is 9.19. The van der Waals surface area contributed by atoms with Gasteiger partial charge in [-0.05, 0) is 41.8 Å². The molecule has 0 heterocycles. The highest BCUT2D eigenvalue weighted by Gasteiger charge is 2.30. The molecule has 172 valence electrons. The summed E-state index contributed by atoms with van der Waals surface area (Å²) in [5.74, 6) is -0.449. The van der Waals surface area contributed by atoms with E-state index in [9.17, 15) is 9.59 Å². The highest BCUT2D eigenvalue weighted by molar-refractivity contribution is 6.35. The van der Waals surface area contributed by atoms with Crippen LogP contribution < -0.4 is 5.32 Å². The number of carbonyl (C=O) groups is 2. The van der Waals surface area contributed by atoms with Gasteiger partial charge in [0.1, 0.15) is 6.04 Å². The lowest BCUT2D eigenvalue weighted by molar-refractivity contribution is -0.140. The Balaban J connectivity index is 1.98. The van der Waals surface area contributed by atoms with E-state index in [2.05, 4.69) is 5.32 Å². The highest BCUT2D eigenvalue weighted by Crippen LogP contribution is 2.24. The molecule has 0 spiro atoms. The van der Waals surface area contributed by atoms with Crippen molar-refractivity contribution in [2.24, 2.45) is 0 Å². The van der Waals surface area contributed by atoms with Crippen molar-refractivity contribution in [2.45, 2.75) is 32.4 Å². The lowest BCUT2D eigenvalue weighted by atomic mass is 10.0. The first-order valence-corrected chi connectivity index (χ1v) is 11.8. The zero-order valence-electron chi connectivity index (χ0n) is 18.2. The predicted octanol–water partition coefficient (Wildman–Crippen LogP) is 5.97. The molecule has 2 amide bonds. The molecule has 3 aromatic carbocycles. The molecule has 7 heteroatoms. The monoisotopic (exact) mass is 502 g/mol. The van der Waals surface area contributed by atoms with E-state index in [1.807, 2.05) is 55.5 Å². The van der Waals surface area contributed by atoms with E-state index in [-0.39, 0.29) is 24.8 Å². The molecular weight excluding hydrogens is 479 g/mol. The maximum atomic E-state index is 13.6. The predicted molar refractivity (Wildman–Crippen MR) is 135 cm³/mol. The molecule has 0 saturated carbocycles. The van der Waals surface area contributed by atoms with Crippen LogP contribution in [0.4, 0.5) is 0 Å². The Bertz CT molecular complexity index is 1110. The number of halogens is 3. The number of benzene rings is 3. The standard InChI is InChI=1S/C26H25Cl3N2O2/c1-2-30-26(33)24(14-18-8-4-3-5-9-18)31(17-20-10-6-7-11-22(20)28)25(32)15-19-12-13-21(27)16-23(19)29/h3-13,16,24H,2,14-15,17H2,1H3,(H,30,33)/t24-/m0/s1. The quantitative estimate of drug-likeness (QED) is 0.391. The van der Waals surface area contributed by atoms with Gasteiger partial charge in [0.2, 0.25) is 11.8 Å². The van der Waals surface area contributed by atoms with Crippen LogP contribution in [0, 0.1) is 0 Å². The van der Waals surface area contributed by atoms with Gasteiger partial charge in [-0.15, -0.1) is 0 Å². The number of amides is 2. The summed E-state index contributed by atoms with van der Waals surface area (Å²) in [6, 6.07) is 21.3. The minimum Gasteiger partial charge on any atom is -0.355 e. The van der Waals surface area contributed by atoms with E-state index >= 15 is 0 Å². The molecule has 3 rings (SSSR count). The number of nitrogens with zero attached hydrogens (tertiary/aromatic N) is 1. The summed E-state index contributed by atoms with van der Waals surface area (Å²) in [6.45, 7) is 2.50. The van der Waals surface area contributed by atoms with Crippen molar-refractivity contribution >= 4 is 46.6 Å². The average molecular weight is 504 g/mol. The van der Waals surface area contributed by atoms with Crippen LogP contribution in [0.3, 0.4) is 0 Å². The summed E-state index contributed by atoms with van der Waals surface area (Å²) in [7, 11) is 0. The third-order valence-electron chi connectivity index (χ3n) is 5.28. The van der Waals surface area contributed by atoms with Gasteiger partial charge in [0.25, 0.3) is 0 Å². The summed E-state index contributed by atoms with van der Waals surface area (Å²) in [5, 5.41) is 4.31. The van der Waals surface area contributed by atoms with Crippen molar-refractivity contribution < 1.29 is 9.59 Å². The third kappa shape index (κ3) is 6.97. The van der Waals surface area contributed by atoms with Crippen molar-refractivity contribution in [3.8, 4) is 0 Å². The number of likely N-dealkylation sites (N-methyl/N-ethyl adjacent to an activating group) is 1. The van der Waals surface area contributed by atoms with Gasteiger partial charge in [-0.2, -0.15) is 0 Å². The van der Waals surface area contributed by atoms with Crippen LogP contribution in [0.1, 0.15) is 23.6 Å². The van der Waals surface area contributed by atoms with E-state index < -0.39 is 6.04 Å². The summed E-state index contributed by atoms with van der Waals surface area (Å²) in [4.78, 5) is 28.4. The van der Waals surface area contributed by atoms with Gasteiger partial charge in [-0.3, -0.25) is 9.59 Å². The fourth-order valence-corrected chi connectivity index (χ4v) is 4.26. The largest absolute Gasteiger partial charge is 0.355 e. The number of carbonyl (C=O) groups excluding carboxylic acids is 2. The van der Waals surface area contributed by atoms with E-state index in [0.717, 1.165) is 11.1 Å². The zero-order chi connectivity index (χ0) is 23.8. The van der Waals surface area contributed by atoms with Crippen LogP contribution in [0.2, 0.25) is 15.1 Å². The van der Waals surface area contributed by atoms with Gasteiger partial charge in [-0.25, -0.2) is 0 Å². The first kappa shape index (κ1) is 25.1. The van der Waals surface area contributed by atoms with Crippen LogP contribution in [-0.4, -0.2) is 29.3 Å². The normalized spacial score (nSPS) is 11.6. The van der Waals surface area contributed by atoms with Gasteiger partial charge in [0.15, 0.2) is 0 Å². The molecule has 33 heavy (non-hydrogen) atoms. The lowest BCUT2D eigenvalue weighted by Crippen LogP contribution is -2.51. The molecule has 0 aliphatic heterocycles. The van der Waals surface area contributed by atoms with E-state index in [1.54, 1.807) is 29.2 Å². The molecule has 4 nitrogen and oxygen atoms in total. The first-order valence-electron chi connectivity index (χ1n) is 10.7. The van der Waals surface area contributed by atoms with E-state index in [1.165, 1.54) is 0 Å². The smallest absolute Gasteiger partial charge is 0.243 e. The van der Waals surface area contributed by atoms with E-state index in [4.69, 9.17) is 34.8 Å². The van der Waals surface area contributed by atoms with Crippen molar-refractivity contribution in [3.05, 3.63) is 105 Å². The van der Waals surface area contributed by atoms with Gasteiger partial charge in [0, 0.05) is 34.6 Å².